The van der Waals surface area contributed by atoms with Crippen molar-refractivity contribution in [2.24, 2.45) is 5.92 Å². The lowest BCUT2D eigenvalue weighted by atomic mass is 9.86. The molecule has 4 rings (SSSR count). The molecule has 1 heterocycles. The van der Waals surface area contributed by atoms with Crippen molar-refractivity contribution in [3.63, 3.8) is 0 Å². The molecule has 6 nitrogen and oxygen atoms in total. The van der Waals surface area contributed by atoms with Crippen molar-refractivity contribution >= 4 is 5.91 Å². The van der Waals surface area contributed by atoms with E-state index in [1.807, 2.05) is 41.3 Å². The minimum Gasteiger partial charge on any atom is -0.493 e. The van der Waals surface area contributed by atoms with E-state index in [1.54, 1.807) is 21.3 Å². The van der Waals surface area contributed by atoms with E-state index in [1.165, 1.54) is 12.0 Å². The number of amides is 1. The first-order valence-electron chi connectivity index (χ1n) is 11.5. The summed E-state index contributed by atoms with van der Waals surface area (Å²) in [5.74, 6) is 3.09. The minimum atomic E-state index is -0.196. The van der Waals surface area contributed by atoms with Crippen molar-refractivity contribution in [3.8, 4) is 23.0 Å². The van der Waals surface area contributed by atoms with Crippen LogP contribution < -0.4 is 18.9 Å². The zero-order valence-corrected chi connectivity index (χ0v) is 19.3. The average Bonchev–Trinajstić information content (AvgIpc) is 2.86. The molecule has 0 aromatic heterocycles. The van der Waals surface area contributed by atoms with Crippen molar-refractivity contribution in [1.29, 1.82) is 0 Å². The number of fused-ring (bicyclic) bond motifs is 1. The fourth-order valence-corrected chi connectivity index (χ4v) is 4.96. The van der Waals surface area contributed by atoms with Crippen molar-refractivity contribution in [2.75, 3.05) is 34.5 Å². The van der Waals surface area contributed by atoms with Gasteiger partial charge in [-0.3, -0.25) is 4.79 Å². The van der Waals surface area contributed by atoms with Crippen LogP contribution in [-0.4, -0.2) is 45.3 Å². The summed E-state index contributed by atoms with van der Waals surface area (Å²) in [6, 6.07) is 11.5. The zero-order valence-electron chi connectivity index (χ0n) is 19.3. The van der Waals surface area contributed by atoms with E-state index in [0.717, 1.165) is 37.7 Å². The maximum Gasteiger partial charge on any atom is 0.226 e. The van der Waals surface area contributed by atoms with Crippen molar-refractivity contribution in [3.05, 3.63) is 47.5 Å². The molecule has 1 amide bonds. The molecule has 0 saturated heterocycles. The highest BCUT2D eigenvalue weighted by Gasteiger charge is 2.36. The van der Waals surface area contributed by atoms with Gasteiger partial charge in [0.1, 0.15) is 6.61 Å². The lowest BCUT2D eigenvalue weighted by Crippen LogP contribution is -2.45. The standard InChI is InChI=1S/C26H33NO5/c1-29-22-11-7-8-12-23(22)32-17-21-20-16-25(31-3)24(30-2)15-19(20)13-14-27(21)26(28)18-9-5-4-6-10-18/h7-8,11-12,15-16,18,21H,4-6,9-10,13-14,17H2,1-3H3/t21-/m0/s1. The third-order valence-electron chi connectivity index (χ3n) is 6.71. The number of methoxy groups -OCH3 is 3. The molecule has 172 valence electrons. The topological polar surface area (TPSA) is 57.2 Å². The fourth-order valence-electron chi connectivity index (χ4n) is 4.96. The first-order valence-corrected chi connectivity index (χ1v) is 11.5. The number of para-hydroxylation sites is 2. The molecule has 1 fully saturated rings. The molecule has 2 aromatic rings. The van der Waals surface area contributed by atoms with E-state index in [9.17, 15) is 4.79 Å². The Morgan fingerprint density at radius 2 is 1.56 bits per heavy atom. The van der Waals surface area contributed by atoms with Crippen LogP contribution in [0, 0.1) is 5.92 Å². The quantitative estimate of drug-likeness (QED) is 0.620. The molecule has 0 spiro atoms. The summed E-state index contributed by atoms with van der Waals surface area (Å²) in [6.07, 6.45) is 6.24. The summed E-state index contributed by atoms with van der Waals surface area (Å²) in [7, 11) is 4.92. The number of carbonyl (C=O) groups is 1. The molecule has 0 bridgehead atoms. The molecule has 0 N–H and O–H groups in total. The van der Waals surface area contributed by atoms with Gasteiger partial charge in [0.25, 0.3) is 0 Å². The summed E-state index contributed by atoms with van der Waals surface area (Å²) < 4.78 is 22.8. The maximum absolute atomic E-state index is 13.6. The number of nitrogens with zero attached hydrogens (tertiary/aromatic N) is 1. The van der Waals surface area contributed by atoms with Gasteiger partial charge in [0.05, 0.1) is 27.4 Å². The molecule has 0 unspecified atom stereocenters. The van der Waals surface area contributed by atoms with Crippen LogP contribution in [0.2, 0.25) is 0 Å². The van der Waals surface area contributed by atoms with Crippen molar-refractivity contribution < 1.29 is 23.7 Å². The third-order valence-corrected chi connectivity index (χ3v) is 6.71. The number of hydrogen-bond acceptors (Lipinski definition) is 5. The predicted octanol–water partition coefficient (Wildman–Crippen LogP) is 4.80. The minimum absolute atomic E-state index is 0.110. The van der Waals surface area contributed by atoms with Gasteiger partial charge < -0.3 is 23.8 Å². The lowest BCUT2D eigenvalue weighted by Gasteiger charge is -2.40. The van der Waals surface area contributed by atoms with Crippen molar-refractivity contribution in [2.45, 2.75) is 44.6 Å². The van der Waals surface area contributed by atoms with Crippen LogP contribution in [0.25, 0.3) is 0 Å². The Balaban J connectivity index is 1.66. The van der Waals surface area contributed by atoms with Gasteiger partial charge in [-0.15, -0.1) is 0 Å². The van der Waals surface area contributed by atoms with E-state index in [2.05, 4.69) is 0 Å². The smallest absolute Gasteiger partial charge is 0.226 e. The Morgan fingerprint density at radius 3 is 2.25 bits per heavy atom. The maximum atomic E-state index is 13.6. The monoisotopic (exact) mass is 439 g/mol. The first kappa shape index (κ1) is 22.3. The van der Waals surface area contributed by atoms with Gasteiger partial charge in [0.2, 0.25) is 5.91 Å². The summed E-state index contributed by atoms with van der Waals surface area (Å²) >= 11 is 0. The second-order valence-corrected chi connectivity index (χ2v) is 8.50. The molecule has 1 aliphatic carbocycles. The van der Waals surface area contributed by atoms with Crippen LogP contribution in [0.5, 0.6) is 23.0 Å². The SMILES string of the molecule is COc1cc2c(cc1OC)[C@H](COc1ccccc1OC)N(C(=O)C1CCCCC1)CC2. The number of rotatable bonds is 7. The number of carbonyl (C=O) groups excluding carboxylic acids is 1. The molecule has 1 saturated carbocycles. The summed E-state index contributed by atoms with van der Waals surface area (Å²) in [5.41, 5.74) is 2.23. The van der Waals surface area contributed by atoms with E-state index >= 15 is 0 Å². The van der Waals surface area contributed by atoms with Crippen LogP contribution in [-0.2, 0) is 11.2 Å². The van der Waals surface area contributed by atoms with Crippen LogP contribution in [0.4, 0.5) is 0 Å². The molecule has 1 atom stereocenters. The van der Waals surface area contributed by atoms with Gasteiger partial charge in [0, 0.05) is 12.5 Å². The third kappa shape index (κ3) is 4.50. The fraction of sp³-hybridized carbons (Fsp3) is 0.500. The Labute approximate surface area is 190 Å². The number of ether oxygens (including phenoxy) is 4. The van der Waals surface area contributed by atoms with E-state index in [4.69, 9.17) is 18.9 Å². The molecular weight excluding hydrogens is 406 g/mol. The van der Waals surface area contributed by atoms with Gasteiger partial charge in [-0.2, -0.15) is 0 Å². The van der Waals surface area contributed by atoms with Gasteiger partial charge >= 0.3 is 0 Å². The predicted molar refractivity (Wildman–Crippen MR) is 123 cm³/mol. The van der Waals surface area contributed by atoms with Gasteiger partial charge in [-0.25, -0.2) is 0 Å². The lowest BCUT2D eigenvalue weighted by molar-refractivity contribution is -0.140. The Kier molecular flexibility index (Phi) is 7.08. The van der Waals surface area contributed by atoms with Crippen LogP contribution in [0.1, 0.15) is 49.3 Å². The van der Waals surface area contributed by atoms with Crippen molar-refractivity contribution in [1.82, 2.24) is 4.90 Å². The Morgan fingerprint density at radius 1 is 0.906 bits per heavy atom. The molecule has 2 aliphatic rings. The average molecular weight is 440 g/mol. The molecule has 6 heteroatoms. The summed E-state index contributed by atoms with van der Waals surface area (Å²) in [4.78, 5) is 15.6. The molecule has 2 aromatic carbocycles. The number of benzene rings is 2. The summed E-state index contributed by atoms with van der Waals surface area (Å²) in [6.45, 7) is 1.03. The highest BCUT2D eigenvalue weighted by molar-refractivity contribution is 5.80. The summed E-state index contributed by atoms with van der Waals surface area (Å²) in [5, 5.41) is 0. The van der Waals surface area contributed by atoms with Crippen LogP contribution in [0.3, 0.4) is 0 Å². The normalized spacial score (nSPS) is 18.6. The molecular formula is C26H33NO5. The van der Waals surface area contributed by atoms with Crippen LogP contribution >= 0.6 is 0 Å². The second-order valence-electron chi connectivity index (χ2n) is 8.50. The van der Waals surface area contributed by atoms with Gasteiger partial charge in [-0.1, -0.05) is 31.4 Å². The van der Waals surface area contributed by atoms with E-state index in [0.29, 0.717) is 36.1 Å². The molecule has 0 radical (unpaired) electrons. The largest absolute Gasteiger partial charge is 0.493 e. The van der Waals surface area contributed by atoms with E-state index < -0.39 is 0 Å². The Bertz CT molecular complexity index is 938. The van der Waals surface area contributed by atoms with Crippen LogP contribution in [0.15, 0.2) is 36.4 Å². The molecule has 32 heavy (non-hydrogen) atoms. The molecule has 1 aliphatic heterocycles. The van der Waals surface area contributed by atoms with Gasteiger partial charge in [-0.05, 0) is 54.7 Å². The zero-order chi connectivity index (χ0) is 22.5. The van der Waals surface area contributed by atoms with Gasteiger partial charge in [0.15, 0.2) is 23.0 Å². The second kappa shape index (κ2) is 10.2. The Hall–Kier alpha value is -2.89. The first-order chi connectivity index (χ1) is 15.7. The number of hydrogen-bond donors (Lipinski definition) is 0. The van der Waals surface area contributed by atoms with E-state index in [-0.39, 0.29) is 17.9 Å². The highest BCUT2D eigenvalue weighted by atomic mass is 16.5. The highest BCUT2D eigenvalue weighted by Crippen LogP contribution is 2.40.